The largest absolute Gasteiger partial charge is 0.481 e. The zero-order chi connectivity index (χ0) is 18.1. The first-order chi connectivity index (χ1) is 10.5. The number of hydrogen-bond donors (Lipinski definition) is 2. The summed E-state index contributed by atoms with van der Waals surface area (Å²) in [5, 5.41) is 18.9. The van der Waals surface area contributed by atoms with Crippen molar-refractivity contribution in [2.24, 2.45) is 0 Å². The highest BCUT2D eigenvalue weighted by Crippen LogP contribution is 2.38. The molecule has 2 N–H and O–H groups in total. The minimum absolute atomic E-state index is 0.0951. The summed E-state index contributed by atoms with van der Waals surface area (Å²) in [5.74, 6) is -0.758. The Morgan fingerprint density at radius 3 is 2.39 bits per heavy atom. The molecule has 2 atom stereocenters. The molecule has 0 bridgehead atoms. The van der Waals surface area contributed by atoms with Crippen LogP contribution in [0.5, 0.6) is 0 Å². The highest BCUT2D eigenvalue weighted by atomic mass is 28.4. The Bertz CT molecular complexity index is 372. The standard InChI is InChI=1S/C18H36O4Si/c1-7-11-15(19)14-16(12-9-8-10-13-17(20)21)22-23(5,6)18(2,3)4/h9,12,15-16,19H,7-8,10-11,13-14H2,1-6H3,(H,20,21)/b12-9+/t15-,16+/m1/s1. The first-order valence-corrected chi connectivity index (χ1v) is 11.6. The van der Waals surface area contributed by atoms with Gasteiger partial charge in [0.2, 0.25) is 0 Å². The van der Waals surface area contributed by atoms with Gasteiger partial charge in [-0.2, -0.15) is 0 Å². The molecule has 0 unspecified atom stereocenters. The van der Waals surface area contributed by atoms with Crippen LogP contribution in [0.25, 0.3) is 0 Å². The van der Waals surface area contributed by atoms with Gasteiger partial charge in [-0.25, -0.2) is 0 Å². The highest BCUT2D eigenvalue weighted by Gasteiger charge is 2.38. The van der Waals surface area contributed by atoms with Crippen LogP contribution in [0.15, 0.2) is 12.2 Å². The number of rotatable bonds is 11. The van der Waals surface area contributed by atoms with Crippen molar-refractivity contribution < 1.29 is 19.4 Å². The van der Waals surface area contributed by atoms with E-state index < -0.39 is 14.3 Å². The number of unbranched alkanes of at least 4 members (excludes halogenated alkanes) is 1. The minimum atomic E-state index is -1.90. The molecular formula is C18H36O4Si. The topological polar surface area (TPSA) is 66.8 Å². The van der Waals surface area contributed by atoms with E-state index in [1.54, 1.807) is 0 Å². The second kappa shape index (κ2) is 10.3. The molecule has 0 aromatic carbocycles. The van der Waals surface area contributed by atoms with E-state index in [0.717, 1.165) is 19.3 Å². The van der Waals surface area contributed by atoms with Crippen LogP contribution in [-0.4, -0.2) is 36.7 Å². The van der Waals surface area contributed by atoms with Gasteiger partial charge in [-0.15, -0.1) is 0 Å². The van der Waals surface area contributed by atoms with Crippen molar-refractivity contribution in [1.82, 2.24) is 0 Å². The summed E-state index contributed by atoms with van der Waals surface area (Å²) in [4.78, 5) is 10.5. The average molecular weight is 345 g/mol. The monoisotopic (exact) mass is 344 g/mol. The van der Waals surface area contributed by atoms with Crippen molar-refractivity contribution in [2.75, 3.05) is 0 Å². The Kier molecular flexibility index (Phi) is 9.97. The van der Waals surface area contributed by atoms with Crippen LogP contribution in [0.3, 0.4) is 0 Å². The Hall–Kier alpha value is -0.653. The molecule has 0 radical (unpaired) electrons. The van der Waals surface area contributed by atoms with Gasteiger partial charge in [-0.1, -0.05) is 46.3 Å². The summed E-state index contributed by atoms with van der Waals surface area (Å²) in [6.07, 6.45) is 7.47. The number of carbonyl (C=O) groups is 1. The molecule has 0 heterocycles. The molecular weight excluding hydrogens is 308 g/mol. The zero-order valence-electron chi connectivity index (χ0n) is 15.8. The van der Waals surface area contributed by atoms with Crippen molar-refractivity contribution in [3.05, 3.63) is 12.2 Å². The van der Waals surface area contributed by atoms with E-state index in [9.17, 15) is 9.90 Å². The fourth-order valence-corrected chi connectivity index (χ4v) is 3.34. The van der Waals surface area contributed by atoms with E-state index in [2.05, 4.69) is 40.8 Å². The normalized spacial score (nSPS) is 15.8. The summed E-state index contributed by atoms with van der Waals surface area (Å²) in [5.41, 5.74) is 0. The van der Waals surface area contributed by atoms with Gasteiger partial charge >= 0.3 is 5.97 Å². The first kappa shape index (κ1) is 22.3. The van der Waals surface area contributed by atoms with Crippen molar-refractivity contribution in [1.29, 1.82) is 0 Å². The molecule has 0 saturated carbocycles. The van der Waals surface area contributed by atoms with Crippen LogP contribution < -0.4 is 0 Å². The van der Waals surface area contributed by atoms with Gasteiger partial charge in [0, 0.05) is 12.8 Å². The molecule has 0 spiro atoms. The number of aliphatic hydroxyl groups is 1. The van der Waals surface area contributed by atoms with Crippen molar-refractivity contribution >= 4 is 14.3 Å². The average Bonchev–Trinajstić information content (AvgIpc) is 2.36. The van der Waals surface area contributed by atoms with Gasteiger partial charge in [0.05, 0.1) is 12.2 Å². The predicted molar refractivity (Wildman–Crippen MR) is 98.2 cm³/mol. The van der Waals surface area contributed by atoms with E-state index in [0.29, 0.717) is 12.8 Å². The molecule has 0 fully saturated rings. The second-order valence-corrected chi connectivity index (χ2v) is 12.6. The molecule has 0 rings (SSSR count). The van der Waals surface area contributed by atoms with Gasteiger partial charge in [0.1, 0.15) is 0 Å². The van der Waals surface area contributed by atoms with E-state index >= 15 is 0 Å². The summed E-state index contributed by atoms with van der Waals surface area (Å²) in [6, 6.07) is 0. The lowest BCUT2D eigenvalue weighted by atomic mass is 10.1. The van der Waals surface area contributed by atoms with E-state index in [1.165, 1.54) is 0 Å². The highest BCUT2D eigenvalue weighted by molar-refractivity contribution is 6.74. The molecule has 0 aliphatic carbocycles. The summed E-state index contributed by atoms with van der Waals surface area (Å²) >= 11 is 0. The lowest BCUT2D eigenvalue weighted by molar-refractivity contribution is -0.137. The molecule has 0 aliphatic rings. The fourth-order valence-electron chi connectivity index (χ4n) is 2.06. The first-order valence-electron chi connectivity index (χ1n) is 8.74. The predicted octanol–water partition coefficient (Wildman–Crippen LogP) is 4.74. The number of allylic oxidation sites excluding steroid dienone is 1. The molecule has 0 aliphatic heterocycles. The van der Waals surface area contributed by atoms with E-state index in [4.69, 9.17) is 9.53 Å². The van der Waals surface area contributed by atoms with Crippen LogP contribution in [-0.2, 0) is 9.22 Å². The molecule has 4 nitrogen and oxygen atoms in total. The number of carboxylic acid groups (broad SMARTS) is 1. The lowest BCUT2D eigenvalue weighted by Gasteiger charge is -2.39. The van der Waals surface area contributed by atoms with E-state index in [1.807, 2.05) is 12.2 Å². The third-order valence-electron chi connectivity index (χ3n) is 4.49. The molecule has 23 heavy (non-hydrogen) atoms. The molecule has 0 saturated heterocycles. The van der Waals surface area contributed by atoms with Gasteiger partial charge in [0.25, 0.3) is 0 Å². The molecule has 0 aromatic rings. The van der Waals surface area contributed by atoms with Crippen molar-refractivity contribution in [2.45, 2.75) is 96.6 Å². The summed E-state index contributed by atoms with van der Waals surface area (Å²) in [6.45, 7) is 13.1. The van der Waals surface area contributed by atoms with Crippen molar-refractivity contribution in [3.8, 4) is 0 Å². The third kappa shape index (κ3) is 9.94. The van der Waals surface area contributed by atoms with Gasteiger partial charge < -0.3 is 14.6 Å². The Morgan fingerprint density at radius 2 is 1.91 bits per heavy atom. The zero-order valence-corrected chi connectivity index (χ0v) is 16.8. The number of aliphatic carboxylic acids is 1. The Balaban J connectivity index is 4.74. The quantitative estimate of drug-likeness (QED) is 0.323. The summed E-state index contributed by atoms with van der Waals surface area (Å²) in [7, 11) is -1.90. The number of carboxylic acids is 1. The second-order valence-electron chi connectivity index (χ2n) is 7.81. The van der Waals surface area contributed by atoms with Crippen LogP contribution in [0.2, 0.25) is 18.1 Å². The maximum atomic E-state index is 10.5. The lowest BCUT2D eigenvalue weighted by Crippen LogP contribution is -2.44. The maximum absolute atomic E-state index is 10.5. The third-order valence-corrected chi connectivity index (χ3v) is 9.00. The van der Waals surface area contributed by atoms with Crippen LogP contribution in [0.4, 0.5) is 0 Å². The molecule has 0 aromatic heterocycles. The van der Waals surface area contributed by atoms with Gasteiger partial charge in [-0.05, 0) is 37.4 Å². The molecule has 0 amide bonds. The van der Waals surface area contributed by atoms with E-state index in [-0.39, 0.29) is 23.7 Å². The van der Waals surface area contributed by atoms with Gasteiger partial charge in [-0.3, -0.25) is 4.79 Å². The SMILES string of the molecule is CCC[C@@H](O)C[C@H](/C=C/CCCC(=O)O)O[Si](C)(C)C(C)(C)C. The molecule has 136 valence electrons. The van der Waals surface area contributed by atoms with Crippen LogP contribution >= 0.6 is 0 Å². The van der Waals surface area contributed by atoms with Crippen LogP contribution in [0, 0.1) is 0 Å². The smallest absolute Gasteiger partial charge is 0.303 e. The maximum Gasteiger partial charge on any atom is 0.303 e. The van der Waals surface area contributed by atoms with Crippen LogP contribution in [0.1, 0.15) is 66.2 Å². The van der Waals surface area contributed by atoms with Gasteiger partial charge in [0.15, 0.2) is 8.32 Å². The Labute approximate surface area is 143 Å². The summed E-state index contributed by atoms with van der Waals surface area (Å²) < 4.78 is 6.42. The van der Waals surface area contributed by atoms with Crippen molar-refractivity contribution in [3.63, 3.8) is 0 Å². The fraction of sp³-hybridized carbons (Fsp3) is 0.833. The number of aliphatic hydroxyl groups excluding tert-OH is 1. The number of hydrogen-bond acceptors (Lipinski definition) is 3. The molecule has 5 heteroatoms. The minimum Gasteiger partial charge on any atom is -0.481 e. The Morgan fingerprint density at radius 1 is 1.30 bits per heavy atom.